The van der Waals surface area contributed by atoms with E-state index in [1.165, 1.54) is 0 Å². The van der Waals surface area contributed by atoms with E-state index in [0.29, 0.717) is 23.2 Å². The molecule has 0 radical (unpaired) electrons. The molecule has 0 fully saturated rings. The Morgan fingerprint density at radius 1 is 0.600 bits per heavy atom. The number of aromatic nitrogens is 2. The Hall–Kier alpha value is -3.80. The summed E-state index contributed by atoms with van der Waals surface area (Å²) >= 11 is 0. The fourth-order valence-electron chi connectivity index (χ4n) is 2.92. The van der Waals surface area contributed by atoms with Crippen LogP contribution in [0.5, 0.6) is 0 Å². The number of benzene rings is 2. The lowest BCUT2D eigenvalue weighted by Gasteiger charge is -2.10. The van der Waals surface area contributed by atoms with Crippen molar-refractivity contribution in [3.63, 3.8) is 0 Å². The number of rotatable bonds is 5. The van der Waals surface area contributed by atoms with Gasteiger partial charge in [0.1, 0.15) is 11.4 Å². The van der Waals surface area contributed by atoms with Crippen LogP contribution in [0.15, 0.2) is 79.7 Å². The van der Waals surface area contributed by atoms with Crippen LogP contribution in [-0.2, 0) is 0 Å². The Balaban J connectivity index is 1.98. The van der Waals surface area contributed by atoms with Gasteiger partial charge in [-0.25, -0.2) is 9.98 Å². The molecule has 0 saturated carbocycles. The third-order valence-electron chi connectivity index (χ3n) is 5.01. The van der Waals surface area contributed by atoms with Gasteiger partial charge in [0, 0.05) is 22.3 Å². The standard InChI is InChI=1S/C24H22N4O2/c1-15-17(3)27-29-23(15)25-21(19-11-7-5-8-12-19)22(20-13-9-6-10-14-20)26-24-16(2)18(4)28-30-24/h5-14H,1-4H3/b25-21+,26-22+. The zero-order valence-corrected chi connectivity index (χ0v) is 17.4. The molecule has 0 aliphatic carbocycles. The van der Waals surface area contributed by atoms with Crippen LogP contribution >= 0.6 is 0 Å². The fourth-order valence-corrected chi connectivity index (χ4v) is 2.92. The van der Waals surface area contributed by atoms with Crippen LogP contribution in [0.4, 0.5) is 11.8 Å². The van der Waals surface area contributed by atoms with E-state index < -0.39 is 0 Å². The van der Waals surface area contributed by atoms with E-state index in [-0.39, 0.29) is 0 Å². The van der Waals surface area contributed by atoms with Gasteiger partial charge in [0.05, 0.1) is 11.4 Å². The molecular weight excluding hydrogens is 376 g/mol. The highest BCUT2D eigenvalue weighted by Crippen LogP contribution is 2.26. The van der Waals surface area contributed by atoms with Crippen molar-refractivity contribution in [1.29, 1.82) is 0 Å². The maximum atomic E-state index is 5.48. The van der Waals surface area contributed by atoms with Gasteiger partial charge in [-0.05, 0) is 27.7 Å². The van der Waals surface area contributed by atoms with E-state index in [9.17, 15) is 0 Å². The van der Waals surface area contributed by atoms with Gasteiger partial charge in [-0.2, -0.15) is 0 Å². The normalized spacial score (nSPS) is 12.4. The second-order valence-corrected chi connectivity index (χ2v) is 7.05. The molecule has 0 aliphatic heterocycles. The van der Waals surface area contributed by atoms with Crippen LogP contribution in [0.3, 0.4) is 0 Å². The van der Waals surface area contributed by atoms with Crippen molar-refractivity contribution < 1.29 is 9.05 Å². The first-order chi connectivity index (χ1) is 14.5. The van der Waals surface area contributed by atoms with Crippen molar-refractivity contribution in [1.82, 2.24) is 10.3 Å². The second kappa shape index (κ2) is 8.29. The van der Waals surface area contributed by atoms with Gasteiger partial charge in [0.25, 0.3) is 11.8 Å². The molecule has 0 amide bonds. The molecule has 6 nitrogen and oxygen atoms in total. The van der Waals surface area contributed by atoms with Crippen LogP contribution in [0.2, 0.25) is 0 Å². The van der Waals surface area contributed by atoms with Crippen molar-refractivity contribution in [3.8, 4) is 0 Å². The van der Waals surface area contributed by atoms with Crippen molar-refractivity contribution in [2.24, 2.45) is 9.98 Å². The van der Waals surface area contributed by atoms with E-state index in [0.717, 1.165) is 33.6 Å². The molecule has 2 heterocycles. The summed E-state index contributed by atoms with van der Waals surface area (Å²) in [6, 6.07) is 19.8. The Labute approximate surface area is 175 Å². The molecule has 4 rings (SSSR count). The lowest BCUT2D eigenvalue weighted by molar-refractivity contribution is 0.424. The van der Waals surface area contributed by atoms with Crippen LogP contribution < -0.4 is 0 Å². The van der Waals surface area contributed by atoms with E-state index in [4.69, 9.17) is 19.0 Å². The summed E-state index contributed by atoms with van der Waals surface area (Å²) in [4.78, 5) is 9.71. The third-order valence-corrected chi connectivity index (χ3v) is 5.01. The first-order valence-electron chi connectivity index (χ1n) is 9.69. The highest BCUT2D eigenvalue weighted by atomic mass is 16.5. The predicted octanol–water partition coefficient (Wildman–Crippen LogP) is 5.84. The van der Waals surface area contributed by atoms with E-state index in [1.54, 1.807) is 0 Å². The van der Waals surface area contributed by atoms with Gasteiger partial charge >= 0.3 is 0 Å². The first kappa shape index (κ1) is 19.5. The minimum atomic E-state index is 0.459. The number of hydrogen-bond acceptors (Lipinski definition) is 6. The molecule has 2 aromatic heterocycles. The molecule has 0 bridgehead atoms. The van der Waals surface area contributed by atoms with Gasteiger partial charge in [-0.15, -0.1) is 0 Å². The number of hydrogen-bond donors (Lipinski definition) is 0. The summed E-state index contributed by atoms with van der Waals surface area (Å²) in [7, 11) is 0. The second-order valence-electron chi connectivity index (χ2n) is 7.05. The van der Waals surface area contributed by atoms with Gasteiger partial charge in [-0.3, -0.25) is 0 Å². The molecule has 0 N–H and O–H groups in total. The monoisotopic (exact) mass is 398 g/mol. The van der Waals surface area contributed by atoms with E-state index in [1.807, 2.05) is 88.4 Å². The fraction of sp³-hybridized carbons (Fsp3) is 0.167. The van der Waals surface area contributed by atoms with Crippen molar-refractivity contribution in [2.75, 3.05) is 0 Å². The largest absolute Gasteiger partial charge is 0.336 e. The minimum Gasteiger partial charge on any atom is -0.336 e. The maximum absolute atomic E-state index is 5.48. The van der Waals surface area contributed by atoms with Crippen LogP contribution in [0, 0.1) is 27.7 Å². The Bertz CT molecular complexity index is 1120. The molecule has 0 atom stereocenters. The Morgan fingerprint density at radius 3 is 1.27 bits per heavy atom. The summed E-state index contributed by atoms with van der Waals surface area (Å²) in [6.07, 6.45) is 0. The van der Waals surface area contributed by atoms with Gasteiger partial charge in [-0.1, -0.05) is 71.0 Å². The van der Waals surface area contributed by atoms with Gasteiger partial charge < -0.3 is 9.05 Å². The minimum absolute atomic E-state index is 0.459. The summed E-state index contributed by atoms with van der Waals surface area (Å²) < 4.78 is 11.0. The average Bonchev–Trinajstić information content (AvgIpc) is 3.27. The van der Waals surface area contributed by atoms with Crippen LogP contribution in [0.1, 0.15) is 33.6 Å². The topological polar surface area (TPSA) is 76.8 Å². The van der Waals surface area contributed by atoms with Crippen LogP contribution in [0.25, 0.3) is 0 Å². The zero-order valence-electron chi connectivity index (χ0n) is 17.4. The zero-order chi connectivity index (χ0) is 21.1. The van der Waals surface area contributed by atoms with Crippen molar-refractivity contribution in [3.05, 3.63) is 94.3 Å². The highest BCUT2D eigenvalue weighted by molar-refractivity contribution is 6.54. The number of nitrogens with zero attached hydrogens (tertiary/aromatic N) is 4. The number of aliphatic imine (C=N–C) groups is 2. The molecule has 0 aliphatic rings. The quantitative estimate of drug-likeness (QED) is 0.396. The van der Waals surface area contributed by atoms with E-state index in [2.05, 4.69) is 10.3 Å². The first-order valence-corrected chi connectivity index (χ1v) is 9.69. The molecule has 150 valence electrons. The molecule has 0 spiro atoms. The van der Waals surface area contributed by atoms with E-state index >= 15 is 0 Å². The molecule has 0 saturated heterocycles. The highest BCUT2D eigenvalue weighted by Gasteiger charge is 2.19. The summed E-state index contributed by atoms with van der Waals surface area (Å²) in [5, 5.41) is 8.09. The lowest BCUT2D eigenvalue weighted by Crippen LogP contribution is -2.17. The molecular formula is C24H22N4O2. The summed E-state index contributed by atoms with van der Waals surface area (Å²) in [5.41, 5.74) is 6.53. The van der Waals surface area contributed by atoms with Crippen molar-refractivity contribution >= 4 is 23.2 Å². The molecule has 6 heteroatoms. The Kier molecular flexibility index (Phi) is 5.39. The smallest absolute Gasteiger partial charge is 0.254 e. The summed E-state index contributed by atoms with van der Waals surface area (Å²) in [6.45, 7) is 7.67. The van der Waals surface area contributed by atoms with Gasteiger partial charge in [0.2, 0.25) is 0 Å². The third kappa shape index (κ3) is 3.85. The maximum Gasteiger partial charge on any atom is 0.254 e. The SMILES string of the molecule is Cc1noc(/N=C(/C(=N/c2onc(C)c2C)c2ccccc2)c2ccccc2)c1C. The van der Waals surface area contributed by atoms with Crippen LogP contribution in [-0.4, -0.2) is 21.7 Å². The molecule has 0 unspecified atom stereocenters. The molecule has 30 heavy (non-hydrogen) atoms. The lowest BCUT2D eigenvalue weighted by atomic mass is 9.99. The molecule has 4 aromatic rings. The van der Waals surface area contributed by atoms with Crippen molar-refractivity contribution in [2.45, 2.75) is 27.7 Å². The Morgan fingerprint density at radius 2 is 0.967 bits per heavy atom. The predicted molar refractivity (Wildman–Crippen MR) is 117 cm³/mol. The summed E-state index contributed by atoms with van der Waals surface area (Å²) in [5.74, 6) is 0.918. The van der Waals surface area contributed by atoms with Gasteiger partial charge in [0.15, 0.2) is 0 Å². The number of aryl methyl sites for hydroxylation is 2. The average molecular weight is 398 g/mol. The molecule has 2 aromatic carbocycles.